The molecule has 0 saturated heterocycles. The maximum Gasteiger partial charge on any atom is 0.220 e. The van der Waals surface area contributed by atoms with Gasteiger partial charge in [-0.15, -0.1) is 0 Å². The summed E-state index contributed by atoms with van der Waals surface area (Å²) >= 11 is 0. The van der Waals surface area contributed by atoms with E-state index in [0.29, 0.717) is 18.8 Å². The average molecular weight is 343 g/mol. The quantitative estimate of drug-likeness (QED) is 0.774. The first-order valence-corrected chi connectivity index (χ1v) is 8.90. The summed E-state index contributed by atoms with van der Waals surface area (Å²) in [6.07, 6.45) is 1.05. The number of aromatic nitrogens is 2. The van der Waals surface area contributed by atoms with Crippen LogP contribution in [-0.2, 0) is 17.8 Å². The molecule has 2 aromatic rings. The smallest absolute Gasteiger partial charge is 0.220 e. The fourth-order valence-electron chi connectivity index (χ4n) is 3.04. The minimum Gasteiger partial charge on any atom is -0.394 e. The second kappa shape index (κ2) is 8.81. The molecule has 0 saturated carbocycles. The zero-order chi connectivity index (χ0) is 18.4. The van der Waals surface area contributed by atoms with E-state index in [-0.39, 0.29) is 18.6 Å². The van der Waals surface area contributed by atoms with Gasteiger partial charge < -0.3 is 10.4 Å². The number of carbonyl (C=O) groups is 1. The summed E-state index contributed by atoms with van der Waals surface area (Å²) < 4.78 is 2.04. The molecule has 0 spiro atoms. The van der Waals surface area contributed by atoms with E-state index in [2.05, 4.69) is 31.2 Å². The Hall–Kier alpha value is -2.14. The Bertz CT molecular complexity index is 692. The van der Waals surface area contributed by atoms with Crippen molar-refractivity contribution in [3.8, 4) is 0 Å². The van der Waals surface area contributed by atoms with Crippen LogP contribution in [0.15, 0.2) is 30.3 Å². The number of rotatable bonds is 8. The molecule has 1 unspecified atom stereocenters. The van der Waals surface area contributed by atoms with Crippen molar-refractivity contribution in [1.29, 1.82) is 0 Å². The van der Waals surface area contributed by atoms with Gasteiger partial charge in [-0.25, -0.2) is 0 Å². The Balaban J connectivity index is 1.97. The minimum atomic E-state index is -0.362. The van der Waals surface area contributed by atoms with Gasteiger partial charge in [0, 0.05) is 18.7 Å². The molecule has 1 aromatic heterocycles. The summed E-state index contributed by atoms with van der Waals surface area (Å²) in [5, 5.41) is 17.1. The topological polar surface area (TPSA) is 67.2 Å². The van der Waals surface area contributed by atoms with Gasteiger partial charge in [0.1, 0.15) is 0 Å². The number of aliphatic hydroxyl groups is 1. The molecule has 1 heterocycles. The summed E-state index contributed by atoms with van der Waals surface area (Å²) in [5.41, 5.74) is 4.19. The summed E-state index contributed by atoms with van der Waals surface area (Å²) in [6, 6.07) is 9.18. The summed E-state index contributed by atoms with van der Waals surface area (Å²) in [7, 11) is 0. The van der Waals surface area contributed by atoms with E-state index in [1.54, 1.807) is 0 Å². The SMILES string of the molecule is Cc1nn(CC(C)C)c(C)c1CCC(=O)NC(CO)c1ccccc1. The first kappa shape index (κ1) is 19.2. The molecule has 1 atom stereocenters. The van der Waals surface area contributed by atoms with Crippen LogP contribution in [-0.4, -0.2) is 27.4 Å². The van der Waals surface area contributed by atoms with Gasteiger partial charge in [0.05, 0.1) is 18.3 Å². The number of aliphatic hydroxyl groups excluding tert-OH is 1. The van der Waals surface area contributed by atoms with Crippen molar-refractivity contribution in [1.82, 2.24) is 15.1 Å². The van der Waals surface area contributed by atoms with E-state index in [1.807, 2.05) is 41.9 Å². The Morgan fingerprint density at radius 1 is 1.24 bits per heavy atom. The number of hydrogen-bond acceptors (Lipinski definition) is 3. The van der Waals surface area contributed by atoms with Crippen LogP contribution in [0, 0.1) is 19.8 Å². The lowest BCUT2D eigenvalue weighted by atomic mass is 10.1. The molecule has 0 aliphatic heterocycles. The molecule has 2 rings (SSSR count). The van der Waals surface area contributed by atoms with Crippen molar-refractivity contribution in [2.24, 2.45) is 5.92 Å². The van der Waals surface area contributed by atoms with Crippen molar-refractivity contribution < 1.29 is 9.90 Å². The van der Waals surface area contributed by atoms with E-state index < -0.39 is 0 Å². The van der Waals surface area contributed by atoms with Gasteiger partial charge in [-0.1, -0.05) is 44.2 Å². The first-order valence-electron chi connectivity index (χ1n) is 8.90. The average Bonchev–Trinajstić information content (AvgIpc) is 2.84. The second-order valence-corrected chi connectivity index (χ2v) is 6.94. The van der Waals surface area contributed by atoms with Crippen LogP contribution in [0.2, 0.25) is 0 Å². The van der Waals surface area contributed by atoms with E-state index >= 15 is 0 Å². The molecular weight excluding hydrogens is 314 g/mol. The molecule has 25 heavy (non-hydrogen) atoms. The molecule has 5 nitrogen and oxygen atoms in total. The van der Waals surface area contributed by atoms with Crippen LogP contribution < -0.4 is 5.32 Å². The minimum absolute atomic E-state index is 0.0571. The number of amides is 1. The maximum absolute atomic E-state index is 12.3. The third-order valence-electron chi connectivity index (χ3n) is 4.39. The molecule has 0 fully saturated rings. The zero-order valence-corrected chi connectivity index (χ0v) is 15.6. The fourth-order valence-corrected chi connectivity index (χ4v) is 3.04. The van der Waals surface area contributed by atoms with E-state index in [9.17, 15) is 9.90 Å². The highest BCUT2D eigenvalue weighted by Gasteiger charge is 2.16. The zero-order valence-electron chi connectivity index (χ0n) is 15.6. The summed E-state index contributed by atoms with van der Waals surface area (Å²) in [4.78, 5) is 12.3. The van der Waals surface area contributed by atoms with E-state index in [4.69, 9.17) is 0 Å². The molecule has 0 bridgehead atoms. The van der Waals surface area contributed by atoms with Crippen molar-refractivity contribution >= 4 is 5.91 Å². The van der Waals surface area contributed by atoms with Gasteiger partial charge in [0.15, 0.2) is 0 Å². The van der Waals surface area contributed by atoms with Crippen molar-refractivity contribution in [3.05, 3.63) is 52.8 Å². The number of hydrogen-bond donors (Lipinski definition) is 2. The summed E-state index contributed by atoms with van der Waals surface area (Å²) in [5.74, 6) is 0.476. The van der Waals surface area contributed by atoms with Crippen LogP contribution in [0.1, 0.15) is 48.8 Å². The number of carbonyl (C=O) groups excluding carboxylic acids is 1. The highest BCUT2D eigenvalue weighted by atomic mass is 16.3. The van der Waals surface area contributed by atoms with Crippen LogP contribution >= 0.6 is 0 Å². The third-order valence-corrected chi connectivity index (χ3v) is 4.39. The van der Waals surface area contributed by atoms with Crippen LogP contribution in [0.3, 0.4) is 0 Å². The molecule has 1 aromatic carbocycles. The van der Waals surface area contributed by atoms with Crippen molar-refractivity contribution in [2.45, 2.75) is 53.1 Å². The molecular formula is C20H29N3O2. The lowest BCUT2D eigenvalue weighted by molar-refractivity contribution is -0.122. The van der Waals surface area contributed by atoms with E-state index in [1.165, 1.54) is 0 Å². The van der Waals surface area contributed by atoms with Crippen molar-refractivity contribution in [2.75, 3.05) is 6.61 Å². The molecule has 0 aliphatic carbocycles. The van der Waals surface area contributed by atoms with E-state index in [0.717, 1.165) is 29.1 Å². The number of aryl methyl sites for hydroxylation is 1. The Labute approximate surface area is 150 Å². The van der Waals surface area contributed by atoms with Gasteiger partial charge >= 0.3 is 0 Å². The monoisotopic (exact) mass is 343 g/mol. The largest absolute Gasteiger partial charge is 0.394 e. The van der Waals surface area contributed by atoms with Crippen molar-refractivity contribution in [3.63, 3.8) is 0 Å². The summed E-state index contributed by atoms with van der Waals surface area (Å²) in [6.45, 7) is 9.18. The Kier molecular flexibility index (Phi) is 6.76. The molecule has 0 aliphatic rings. The fraction of sp³-hybridized carbons (Fsp3) is 0.500. The molecule has 5 heteroatoms. The predicted octanol–water partition coefficient (Wildman–Crippen LogP) is 2.94. The Morgan fingerprint density at radius 3 is 2.52 bits per heavy atom. The first-order chi connectivity index (χ1) is 11.9. The van der Waals surface area contributed by atoms with Gasteiger partial charge in [-0.05, 0) is 37.3 Å². The number of benzene rings is 1. The molecule has 2 N–H and O–H groups in total. The lowest BCUT2D eigenvalue weighted by Gasteiger charge is -2.16. The standard InChI is InChI=1S/C20H29N3O2/c1-14(2)12-23-16(4)18(15(3)22-23)10-11-20(25)21-19(13-24)17-8-6-5-7-9-17/h5-9,14,19,24H,10-13H2,1-4H3,(H,21,25). The lowest BCUT2D eigenvalue weighted by Crippen LogP contribution is -2.30. The highest BCUT2D eigenvalue weighted by Crippen LogP contribution is 2.17. The molecule has 136 valence electrons. The van der Waals surface area contributed by atoms with Gasteiger partial charge in [0.25, 0.3) is 0 Å². The molecule has 0 radical (unpaired) electrons. The van der Waals surface area contributed by atoms with Gasteiger partial charge in [-0.3, -0.25) is 9.48 Å². The van der Waals surface area contributed by atoms with Crippen LogP contribution in [0.4, 0.5) is 0 Å². The number of nitrogens with zero attached hydrogens (tertiary/aromatic N) is 2. The predicted molar refractivity (Wildman–Crippen MR) is 99.3 cm³/mol. The van der Waals surface area contributed by atoms with Gasteiger partial charge in [-0.2, -0.15) is 5.10 Å². The maximum atomic E-state index is 12.3. The Morgan fingerprint density at radius 2 is 1.92 bits per heavy atom. The normalized spacial score (nSPS) is 12.4. The highest BCUT2D eigenvalue weighted by molar-refractivity contribution is 5.76. The van der Waals surface area contributed by atoms with Crippen LogP contribution in [0.5, 0.6) is 0 Å². The number of nitrogens with one attached hydrogen (secondary N) is 1. The van der Waals surface area contributed by atoms with Crippen LogP contribution in [0.25, 0.3) is 0 Å². The van der Waals surface area contributed by atoms with Gasteiger partial charge in [0.2, 0.25) is 5.91 Å². The third kappa shape index (κ3) is 5.16. The second-order valence-electron chi connectivity index (χ2n) is 6.94. The molecule has 1 amide bonds.